The molecule has 0 atom stereocenters. The molecule has 2 heteroatoms. The van der Waals surface area contributed by atoms with Crippen molar-refractivity contribution in [3.05, 3.63) is 0 Å². The zero-order valence-electron chi connectivity index (χ0n) is 8.72. The predicted molar refractivity (Wildman–Crippen MR) is 59.5 cm³/mol. The molecule has 1 aliphatic carbocycles. The third-order valence-electron chi connectivity index (χ3n) is 3.96. The van der Waals surface area contributed by atoms with Crippen molar-refractivity contribution in [1.82, 2.24) is 4.90 Å². The Labute approximate surface area is 88.3 Å². The van der Waals surface area contributed by atoms with Crippen LogP contribution in [0, 0.1) is 5.41 Å². The van der Waals surface area contributed by atoms with Gasteiger partial charge in [0.1, 0.15) is 0 Å². The fourth-order valence-electron chi connectivity index (χ4n) is 2.89. The van der Waals surface area contributed by atoms with E-state index in [2.05, 4.69) is 11.9 Å². The summed E-state index contributed by atoms with van der Waals surface area (Å²) < 4.78 is 0. The van der Waals surface area contributed by atoms with Crippen molar-refractivity contribution in [2.24, 2.45) is 5.41 Å². The zero-order valence-corrected chi connectivity index (χ0v) is 9.54. The standard InChI is InChI=1S/C11H21N.ClH/c1-12-9-7-11(8-10-12)5-3-2-4-6-11;/h2-10H2,1H3;1H. The third kappa shape index (κ3) is 2.60. The Bertz CT molecular complexity index is 142. The van der Waals surface area contributed by atoms with Crippen molar-refractivity contribution >= 4 is 12.4 Å². The molecule has 1 nitrogen and oxygen atoms in total. The number of nitrogens with zero attached hydrogens (tertiary/aromatic N) is 1. The maximum Gasteiger partial charge on any atom is -0.00165 e. The zero-order chi connectivity index (χ0) is 8.44. The number of halogens is 1. The maximum absolute atomic E-state index is 2.49. The second-order valence-electron chi connectivity index (χ2n) is 4.86. The summed E-state index contributed by atoms with van der Waals surface area (Å²) in [5, 5.41) is 0. The van der Waals surface area contributed by atoms with E-state index in [-0.39, 0.29) is 12.4 Å². The first-order chi connectivity index (χ1) is 5.81. The normalized spacial score (nSPS) is 28.4. The number of hydrogen-bond donors (Lipinski definition) is 0. The van der Waals surface area contributed by atoms with Crippen LogP contribution in [-0.4, -0.2) is 25.0 Å². The molecule has 1 aliphatic heterocycles. The van der Waals surface area contributed by atoms with Crippen LogP contribution in [-0.2, 0) is 0 Å². The van der Waals surface area contributed by atoms with Gasteiger partial charge in [0, 0.05) is 0 Å². The second kappa shape index (κ2) is 4.65. The lowest BCUT2D eigenvalue weighted by Gasteiger charge is -2.43. The first-order valence-electron chi connectivity index (χ1n) is 5.49. The van der Waals surface area contributed by atoms with Gasteiger partial charge in [0.25, 0.3) is 0 Å². The van der Waals surface area contributed by atoms with Crippen LogP contribution < -0.4 is 0 Å². The second-order valence-corrected chi connectivity index (χ2v) is 4.86. The van der Waals surface area contributed by atoms with Gasteiger partial charge < -0.3 is 4.90 Å². The smallest absolute Gasteiger partial charge is 0.00165 e. The molecule has 2 rings (SSSR count). The summed E-state index contributed by atoms with van der Waals surface area (Å²) in [6, 6.07) is 0. The van der Waals surface area contributed by atoms with Crippen molar-refractivity contribution in [2.75, 3.05) is 20.1 Å². The van der Waals surface area contributed by atoms with E-state index >= 15 is 0 Å². The SMILES string of the molecule is CN1CCC2(CCCCC2)CC1.Cl. The van der Waals surface area contributed by atoms with Crippen LogP contribution in [0.15, 0.2) is 0 Å². The Morgan fingerprint density at radius 2 is 1.38 bits per heavy atom. The summed E-state index contributed by atoms with van der Waals surface area (Å²) in [6.07, 6.45) is 10.5. The van der Waals surface area contributed by atoms with E-state index in [1.54, 1.807) is 0 Å². The molecule has 0 aromatic heterocycles. The predicted octanol–water partition coefficient (Wildman–Crippen LogP) is 3.08. The molecule has 1 saturated heterocycles. The number of piperidine rings is 1. The van der Waals surface area contributed by atoms with Crippen molar-refractivity contribution < 1.29 is 0 Å². The highest BCUT2D eigenvalue weighted by Gasteiger charge is 2.34. The van der Waals surface area contributed by atoms with Gasteiger partial charge in [-0.25, -0.2) is 0 Å². The summed E-state index contributed by atoms with van der Waals surface area (Å²) in [5.41, 5.74) is 0.796. The summed E-state index contributed by atoms with van der Waals surface area (Å²) in [7, 11) is 2.26. The fraction of sp³-hybridized carbons (Fsp3) is 1.00. The third-order valence-corrected chi connectivity index (χ3v) is 3.96. The van der Waals surface area contributed by atoms with Gasteiger partial charge >= 0.3 is 0 Å². The lowest BCUT2D eigenvalue weighted by Crippen LogP contribution is -2.38. The highest BCUT2D eigenvalue weighted by atomic mass is 35.5. The lowest BCUT2D eigenvalue weighted by atomic mass is 9.68. The van der Waals surface area contributed by atoms with E-state index in [1.165, 1.54) is 58.0 Å². The van der Waals surface area contributed by atoms with Crippen LogP contribution in [0.25, 0.3) is 0 Å². The van der Waals surface area contributed by atoms with Gasteiger partial charge in [-0.3, -0.25) is 0 Å². The molecule has 2 fully saturated rings. The van der Waals surface area contributed by atoms with Crippen LogP contribution >= 0.6 is 12.4 Å². The van der Waals surface area contributed by atoms with E-state index in [9.17, 15) is 0 Å². The lowest BCUT2D eigenvalue weighted by molar-refractivity contribution is 0.0807. The Morgan fingerprint density at radius 3 is 1.92 bits per heavy atom. The molecular weight excluding hydrogens is 182 g/mol. The number of likely N-dealkylation sites (tertiary alicyclic amines) is 1. The first kappa shape index (κ1) is 11.3. The van der Waals surface area contributed by atoms with Crippen LogP contribution in [0.5, 0.6) is 0 Å². The van der Waals surface area contributed by atoms with Crippen LogP contribution in [0.2, 0.25) is 0 Å². The average molecular weight is 204 g/mol. The van der Waals surface area contributed by atoms with Gasteiger partial charge in [-0.2, -0.15) is 0 Å². The molecule has 0 unspecified atom stereocenters. The van der Waals surface area contributed by atoms with Gasteiger partial charge in [0.15, 0.2) is 0 Å². The van der Waals surface area contributed by atoms with Gasteiger partial charge in [-0.15, -0.1) is 12.4 Å². The summed E-state index contributed by atoms with van der Waals surface area (Å²) >= 11 is 0. The average Bonchev–Trinajstić information content (AvgIpc) is 2.13. The molecule has 13 heavy (non-hydrogen) atoms. The van der Waals surface area contributed by atoms with Crippen LogP contribution in [0.4, 0.5) is 0 Å². The van der Waals surface area contributed by atoms with Crippen LogP contribution in [0.1, 0.15) is 44.9 Å². The molecule has 0 amide bonds. The molecule has 0 radical (unpaired) electrons. The first-order valence-corrected chi connectivity index (χ1v) is 5.49. The van der Waals surface area contributed by atoms with Crippen LogP contribution in [0.3, 0.4) is 0 Å². The van der Waals surface area contributed by atoms with Crippen molar-refractivity contribution in [2.45, 2.75) is 44.9 Å². The molecule has 0 aromatic rings. The van der Waals surface area contributed by atoms with Crippen molar-refractivity contribution in [3.8, 4) is 0 Å². The van der Waals surface area contributed by atoms with E-state index in [4.69, 9.17) is 0 Å². The summed E-state index contributed by atoms with van der Waals surface area (Å²) in [6.45, 7) is 2.69. The van der Waals surface area contributed by atoms with Gasteiger partial charge in [0.2, 0.25) is 0 Å². The van der Waals surface area contributed by atoms with Gasteiger partial charge in [-0.05, 0) is 51.2 Å². The fourth-order valence-corrected chi connectivity index (χ4v) is 2.89. The molecule has 0 aromatic carbocycles. The van der Waals surface area contributed by atoms with Gasteiger partial charge in [0.05, 0.1) is 0 Å². The minimum atomic E-state index is 0. The topological polar surface area (TPSA) is 3.24 Å². The van der Waals surface area contributed by atoms with E-state index in [1.807, 2.05) is 0 Å². The molecule has 0 bridgehead atoms. The Balaban J connectivity index is 0.000000845. The highest BCUT2D eigenvalue weighted by molar-refractivity contribution is 5.85. The molecule has 1 heterocycles. The maximum atomic E-state index is 2.49. The minimum Gasteiger partial charge on any atom is -0.306 e. The van der Waals surface area contributed by atoms with Crippen molar-refractivity contribution in [3.63, 3.8) is 0 Å². The molecular formula is C11H22ClN. The van der Waals surface area contributed by atoms with E-state index in [0.29, 0.717) is 0 Å². The molecule has 1 saturated carbocycles. The van der Waals surface area contributed by atoms with Gasteiger partial charge in [-0.1, -0.05) is 19.3 Å². The Hall–Kier alpha value is 0.250. The van der Waals surface area contributed by atoms with E-state index < -0.39 is 0 Å². The number of rotatable bonds is 0. The molecule has 2 aliphatic rings. The molecule has 0 N–H and O–H groups in total. The summed E-state index contributed by atoms with van der Waals surface area (Å²) in [4.78, 5) is 2.49. The number of hydrogen-bond acceptors (Lipinski definition) is 1. The Morgan fingerprint density at radius 1 is 0.846 bits per heavy atom. The molecule has 1 spiro atoms. The van der Waals surface area contributed by atoms with E-state index in [0.717, 1.165) is 5.41 Å². The summed E-state index contributed by atoms with van der Waals surface area (Å²) in [5.74, 6) is 0. The minimum absolute atomic E-state index is 0. The molecule has 78 valence electrons. The quantitative estimate of drug-likeness (QED) is 0.585. The van der Waals surface area contributed by atoms with Crippen molar-refractivity contribution in [1.29, 1.82) is 0 Å². The monoisotopic (exact) mass is 203 g/mol. The largest absolute Gasteiger partial charge is 0.306 e. The highest BCUT2D eigenvalue weighted by Crippen LogP contribution is 2.44. The Kier molecular flexibility index (Phi) is 4.06.